The Kier molecular flexibility index (Phi) is 53.9. The predicted molar refractivity (Wildman–Crippen MR) is 335 cm³/mol. The molecule has 17 nitrogen and oxygen atoms in total. The first-order chi connectivity index (χ1) is 40.1. The van der Waals surface area contributed by atoms with Gasteiger partial charge in [-0.1, -0.05) is 261 Å². The van der Waals surface area contributed by atoms with E-state index in [1.165, 1.54) is 103 Å². The van der Waals surface area contributed by atoms with Crippen molar-refractivity contribution in [3.63, 3.8) is 0 Å². The summed E-state index contributed by atoms with van der Waals surface area (Å²) in [4.78, 5) is 72.3. The number of phosphoric ester groups is 2. The quantitative estimate of drug-likeness (QED) is 0.0222. The standard InChI is InChI=1S/C65H126O17P2/c1-9-58(8)44-36-28-23-24-30-38-46-63(68)76-52-61(82-65(70)48-40-32-21-15-11-13-18-26-34-42-56(4)5)54-80-84(73,74)78-50-59(66)49-77-83(71,72)79-53-60(51-75-62(67)45-37-29-22-16-19-27-35-43-57(6)7)81-64(69)47-39-31-20-14-10-12-17-25-33-41-55(2)3/h55-61,66H,9-54H2,1-8H3,(H,71,72)(H,73,74)/t58?,59?,60-,61-/m1/s1. The third kappa shape index (κ3) is 57.8. The van der Waals surface area contributed by atoms with Crippen molar-refractivity contribution in [3.8, 4) is 0 Å². The normalized spacial score (nSPS) is 14.7. The Morgan fingerprint density at radius 3 is 0.845 bits per heavy atom. The summed E-state index contributed by atoms with van der Waals surface area (Å²) < 4.78 is 68.0. The largest absolute Gasteiger partial charge is 0.472 e. The summed E-state index contributed by atoms with van der Waals surface area (Å²) in [5.74, 6) is 0.770. The van der Waals surface area contributed by atoms with Crippen LogP contribution in [0.3, 0.4) is 0 Å². The fraction of sp³-hybridized carbons (Fsp3) is 0.938. The number of rotatable bonds is 62. The highest BCUT2D eigenvalue weighted by molar-refractivity contribution is 7.47. The lowest BCUT2D eigenvalue weighted by molar-refractivity contribution is -0.161. The molecule has 19 heteroatoms. The number of carbonyl (C=O) groups is 4. The lowest BCUT2D eigenvalue weighted by Crippen LogP contribution is -2.30. The van der Waals surface area contributed by atoms with E-state index in [9.17, 15) is 43.2 Å². The molecule has 0 saturated carbocycles. The Morgan fingerprint density at radius 2 is 0.571 bits per heavy atom. The third-order valence-electron chi connectivity index (χ3n) is 15.2. The second-order valence-corrected chi connectivity index (χ2v) is 28.1. The summed E-state index contributed by atoms with van der Waals surface area (Å²) in [5.41, 5.74) is 0. The smallest absolute Gasteiger partial charge is 0.462 e. The topological polar surface area (TPSA) is 237 Å². The van der Waals surface area contributed by atoms with Crippen LogP contribution in [0.15, 0.2) is 0 Å². The Morgan fingerprint density at radius 1 is 0.333 bits per heavy atom. The third-order valence-corrected chi connectivity index (χ3v) is 17.1. The van der Waals surface area contributed by atoms with Crippen LogP contribution >= 0.6 is 15.6 Å². The average molecular weight is 1240 g/mol. The summed E-state index contributed by atoms with van der Waals surface area (Å²) >= 11 is 0. The fourth-order valence-electron chi connectivity index (χ4n) is 9.57. The van der Waals surface area contributed by atoms with E-state index in [1.54, 1.807) is 0 Å². The van der Waals surface area contributed by atoms with Gasteiger partial charge in [-0.3, -0.25) is 37.3 Å². The van der Waals surface area contributed by atoms with Crippen LogP contribution in [0.1, 0.15) is 312 Å². The maximum absolute atomic E-state index is 13.0. The molecule has 0 fully saturated rings. The van der Waals surface area contributed by atoms with Gasteiger partial charge in [0, 0.05) is 25.7 Å². The van der Waals surface area contributed by atoms with E-state index in [0.717, 1.165) is 120 Å². The van der Waals surface area contributed by atoms with Gasteiger partial charge >= 0.3 is 39.5 Å². The SMILES string of the molecule is CCC(C)CCCCCCCCC(=O)OC[C@H](COP(=O)(O)OCC(O)COP(=O)(O)OC[C@@H](COC(=O)CCCCCCCCCC(C)C)OC(=O)CCCCCCCCCCCC(C)C)OC(=O)CCCCCCCCCCCC(C)C. The monoisotopic (exact) mass is 1240 g/mol. The first-order valence-electron chi connectivity index (χ1n) is 33.7. The number of phosphoric acid groups is 2. The van der Waals surface area contributed by atoms with Crippen LogP contribution in [0.2, 0.25) is 0 Å². The number of esters is 4. The zero-order valence-corrected chi connectivity index (χ0v) is 56.3. The Bertz CT molecular complexity index is 1680. The van der Waals surface area contributed by atoms with E-state index in [-0.39, 0.29) is 25.7 Å². The molecule has 0 aliphatic carbocycles. The number of carbonyl (C=O) groups excluding carboxylic acids is 4. The summed E-state index contributed by atoms with van der Waals surface area (Å²) in [6.07, 6.45) is 34.9. The molecular formula is C65H126O17P2. The van der Waals surface area contributed by atoms with Gasteiger partial charge in [0.25, 0.3) is 0 Å². The lowest BCUT2D eigenvalue weighted by atomic mass is 10.00. The molecule has 0 aromatic heterocycles. The molecule has 4 unspecified atom stereocenters. The number of aliphatic hydroxyl groups excluding tert-OH is 1. The van der Waals surface area contributed by atoms with Gasteiger partial charge in [0.15, 0.2) is 12.2 Å². The van der Waals surface area contributed by atoms with Crippen LogP contribution in [0.5, 0.6) is 0 Å². The molecule has 6 atom stereocenters. The number of hydrogen-bond donors (Lipinski definition) is 3. The second kappa shape index (κ2) is 55.2. The lowest BCUT2D eigenvalue weighted by Gasteiger charge is -2.21. The minimum Gasteiger partial charge on any atom is -0.462 e. The number of aliphatic hydroxyl groups is 1. The molecule has 0 amide bonds. The van der Waals surface area contributed by atoms with E-state index in [4.69, 9.17) is 37.0 Å². The van der Waals surface area contributed by atoms with E-state index in [0.29, 0.717) is 31.6 Å². The molecule has 0 rings (SSSR count). The minimum atomic E-state index is -4.95. The van der Waals surface area contributed by atoms with Gasteiger partial charge in [-0.25, -0.2) is 9.13 Å². The maximum atomic E-state index is 13.0. The van der Waals surface area contributed by atoms with Gasteiger partial charge in [0.1, 0.15) is 19.3 Å². The van der Waals surface area contributed by atoms with Gasteiger partial charge in [-0.15, -0.1) is 0 Å². The fourth-order valence-corrected chi connectivity index (χ4v) is 11.2. The van der Waals surface area contributed by atoms with Crippen molar-refractivity contribution in [1.29, 1.82) is 0 Å². The van der Waals surface area contributed by atoms with E-state index >= 15 is 0 Å². The van der Waals surface area contributed by atoms with Crippen LogP contribution in [0.4, 0.5) is 0 Å². The summed E-state index contributed by atoms with van der Waals surface area (Å²) in [5, 5.41) is 10.5. The average Bonchev–Trinajstić information content (AvgIpc) is 3.46. The zero-order valence-electron chi connectivity index (χ0n) is 54.5. The summed E-state index contributed by atoms with van der Waals surface area (Å²) in [6.45, 7) is 14.0. The van der Waals surface area contributed by atoms with Crippen LogP contribution in [0.25, 0.3) is 0 Å². The van der Waals surface area contributed by atoms with Crippen molar-refractivity contribution < 1.29 is 80.2 Å². The van der Waals surface area contributed by atoms with E-state index < -0.39 is 97.5 Å². The number of hydrogen-bond acceptors (Lipinski definition) is 15. The van der Waals surface area contributed by atoms with Crippen LogP contribution in [0, 0.1) is 23.7 Å². The van der Waals surface area contributed by atoms with Crippen LogP contribution in [-0.2, 0) is 65.4 Å². The van der Waals surface area contributed by atoms with Gasteiger partial charge in [-0.2, -0.15) is 0 Å². The molecule has 84 heavy (non-hydrogen) atoms. The highest BCUT2D eigenvalue weighted by Gasteiger charge is 2.30. The van der Waals surface area contributed by atoms with Crippen molar-refractivity contribution in [2.75, 3.05) is 39.6 Å². The summed E-state index contributed by atoms with van der Waals surface area (Å²) in [7, 11) is -9.89. The van der Waals surface area contributed by atoms with Crippen molar-refractivity contribution >= 4 is 39.5 Å². The second-order valence-electron chi connectivity index (χ2n) is 25.2. The van der Waals surface area contributed by atoms with E-state index in [2.05, 4.69) is 55.4 Å². The zero-order chi connectivity index (χ0) is 62.5. The predicted octanol–water partition coefficient (Wildman–Crippen LogP) is 17.8. The van der Waals surface area contributed by atoms with Gasteiger partial charge in [0.2, 0.25) is 0 Å². The molecule has 498 valence electrons. The molecule has 0 radical (unpaired) electrons. The molecule has 0 spiro atoms. The first kappa shape index (κ1) is 82.1. The number of unbranched alkanes of at least 4 members (excludes halogenated alkanes) is 27. The molecule has 0 aromatic carbocycles. The first-order valence-corrected chi connectivity index (χ1v) is 36.7. The number of ether oxygens (including phenoxy) is 4. The Hall–Kier alpha value is -1.94. The van der Waals surface area contributed by atoms with Crippen molar-refractivity contribution in [2.24, 2.45) is 23.7 Å². The Labute approximate surface area is 511 Å². The molecule has 3 N–H and O–H groups in total. The van der Waals surface area contributed by atoms with Gasteiger partial charge in [-0.05, 0) is 49.4 Å². The molecular weight excluding hydrogens is 1110 g/mol. The highest BCUT2D eigenvalue weighted by atomic mass is 31.2. The van der Waals surface area contributed by atoms with Crippen LogP contribution in [-0.4, -0.2) is 96.7 Å². The molecule has 0 bridgehead atoms. The van der Waals surface area contributed by atoms with Gasteiger partial charge < -0.3 is 33.8 Å². The molecule has 0 aliphatic heterocycles. The van der Waals surface area contributed by atoms with Crippen molar-refractivity contribution in [2.45, 2.75) is 331 Å². The van der Waals surface area contributed by atoms with Crippen LogP contribution < -0.4 is 0 Å². The molecule has 0 aliphatic rings. The summed E-state index contributed by atoms with van der Waals surface area (Å²) in [6, 6.07) is 0. The Balaban J connectivity index is 5.27. The van der Waals surface area contributed by atoms with E-state index in [1.807, 2.05) is 0 Å². The molecule has 0 heterocycles. The molecule has 0 saturated heterocycles. The van der Waals surface area contributed by atoms with Crippen molar-refractivity contribution in [1.82, 2.24) is 0 Å². The van der Waals surface area contributed by atoms with Crippen molar-refractivity contribution in [3.05, 3.63) is 0 Å². The van der Waals surface area contributed by atoms with Gasteiger partial charge in [0.05, 0.1) is 26.4 Å². The highest BCUT2D eigenvalue weighted by Crippen LogP contribution is 2.45. The molecule has 0 aromatic rings. The maximum Gasteiger partial charge on any atom is 0.472 e. The minimum absolute atomic E-state index is 0.104.